The zero-order valence-electron chi connectivity index (χ0n) is 13.4. The molecule has 0 unspecified atom stereocenters. The first kappa shape index (κ1) is 18.5. The third-order valence-corrected chi connectivity index (χ3v) is 3.92. The maximum absolute atomic E-state index is 11.7. The molecule has 0 spiro atoms. The summed E-state index contributed by atoms with van der Waals surface area (Å²) in [6, 6.07) is 8.91. The molecule has 1 aromatic heterocycles. The molecule has 3 amide bonds. The fraction of sp³-hybridized carbons (Fsp3) is 0.267. The number of nitrogen functional groups attached to an aromatic ring is 2. The van der Waals surface area contributed by atoms with Crippen LogP contribution in [0, 0.1) is 0 Å². The van der Waals surface area contributed by atoms with E-state index in [4.69, 9.17) is 11.5 Å². The van der Waals surface area contributed by atoms with Crippen LogP contribution in [-0.2, 0) is 17.1 Å². The van der Waals surface area contributed by atoms with Gasteiger partial charge in [0.05, 0.1) is 5.75 Å². The fourth-order valence-corrected chi connectivity index (χ4v) is 2.65. The second-order valence-electron chi connectivity index (χ2n) is 4.99. The molecule has 0 aliphatic carbocycles. The van der Waals surface area contributed by atoms with Gasteiger partial charge in [0, 0.05) is 18.7 Å². The second kappa shape index (κ2) is 9.42. The number of aromatic nitrogens is 3. The molecule has 132 valence electrons. The van der Waals surface area contributed by atoms with Gasteiger partial charge in [-0.3, -0.25) is 10.1 Å². The number of anilines is 2. The lowest BCUT2D eigenvalue weighted by molar-refractivity contribution is -0.119. The van der Waals surface area contributed by atoms with Gasteiger partial charge in [-0.05, 0) is 5.56 Å². The highest BCUT2D eigenvalue weighted by atomic mass is 32.2. The molecule has 0 atom stereocenters. The highest BCUT2D eigenvalue weighted by Gasteiger charge is 2.08. The van der Waals surface area contributed by atoms with Crippen LogP contribution in [0.25, 0.3) is 0 Å². The number of nitrogens with two attached hydrogens (primary N) is 2. The summed E-state index contributed by atoms with van der Waals surface area (Å²) < 4.78 is 0. The molecule has 6 N–H and O–H groups in total. The molecule has 9 nitrogen and oxygen atoms in total. The number of carbonyl (C=O) groups excluding carboxylic acids is 2. The van der Waals surface area contributed by atoms with Crippen molar-refractivity contribution >= 4 is 35.6 Å². The average molecular weight is 361 g/mol. The first-order chi connectivity index (χ1) is 12.0. The van der Waals surface area contributed by atoms with E-state index < -0.39 is 6.03 Å². The largest absolute Gasteiger partial charge is 0.368 e. The normalized spacial score (nSPS) is 10.2. The van der Waals surface area contributed by atoms with E-state index in [0.29, 0.717) is 23.9 Å². The van der Waals surface area contributed by atoms with Gasteiger partial charge in [0.1, 0.15) is 5.82 Å². The second-order valence-corrected chi connectivity index (χ2v) is 6.09. The van der Waals surface area contributed by atoms with Gasteiger partial charge >= 0.3 is 6.03 Å². The zero-order chi connectivity index (χ0) is 18.1. The summed E-state index contributed by atoms with van der Waals surface area (Å²) in [4.78, 5) is 34.9. The van der Waals surface area contributed by atoms with Crippen molar-refractivity contribution in [1.29, 1.82) is 0 Å². The smallest absolute Gasteiger partial charge is 0.321 e. The van der Waals surface area contributed by atoms with Gasteiger partial charge in [0.25, 0.3) is 0 Å². The summed E-state index contributed by atoms with van der Waals surface area (Å²) in [5.74, 6) is 1.18. The number of carbonyl (C=O) groups is 2. The lowest BCUT2D eigenvalue weighted by Gasteiger charge is -2.07. The molecule has 0 fully saturated rings. The molecule has 0 saturated carbocycles. The van der Waals surface area contributed by atoms with Crippen LogP contribution in [0.3, 0.4) is 0 Å². The molecular formula is C15H19N7O2S. The Morgan fingerprint density at radius 2 is 1.72 bits per heavy atom. The molecule has 2 rings (SSSR count). The molecule has 0 saturated heterocycles. The molecule has 0 aliphatic rings. The number of urea groups is 1. The van der Waals surface area contributed by atoms with Gasteiger partial charge in [0.15, 0.2) is 0 Å². The lowest BCUT2D eigenvalue weighted by atomic mass is 10.2. The molecule has 2 aromatic rings. The number of nitrogens with zero attached hydrogens (tertiary/aromatic N) is 3. The molecule has 0 radical (unpaired) electrons. The maximum Gasteiger partial charge on any atom is 0.321 e. The summed E-state index contributed by atoms with van der Waals surface area (Å²) in [6.07, 6.45) is 0.194. The predicted octanol–water partition coefficient (Wildman–Crippen LogP) is 0.685. The Balaban J connectivity index is 1.62. The number of hydrogen-bond donors (Lipinski definition) is 4. The van der Waals surface area contributed by atoms with Crippen LogP contribution in [-0.4, -0.2) is 32.6 Å². The number of nitrogens with one attached hydrogen (secondary N) is 2. The Kier molecular flexibility index (Phi) is 6.96. The minimum atomic E-state index is -0.517. The van der Waals surface area contributed by atoms with Crippen molar-refractivity contribution < 1.29 is 9.59 Å². The monoisotopic (exact) mass is 361 g/mol. The van der Waals surface area contributed by atoms with Crippen LogP contribution in [0.1, 0.15) is 17.8 Å². The number of amides is 3. The van der Waals surface area contributed by atoms with Crippen LogP contribution in [0.4, 0.5) is 16.7 Å². The van der Waals surface area contributed by atoms with E-state index in [0.717, 1.165) is 5.56 Å². The number of imide groups is 1. The van der Waals surface area contributed by atoms with Crippen molar-refractivity contribution in [2.45, 2.75) is 18.7 Å². The van der Waals surface area contributed by atoms with Crippen LogP contribution in [0.5, 0.6) is 0 Å². The Labute approximate surface area is 149 Å². The molecule has 0 bridgehead atoms. The first-order valence-corrected chi connectivity index (χ1v) is 8.63. The predicted molar refractivity (Wildman–Crippen MR) is 96.3 cm³/mol. The Bertz CT molecular complexity index is 707. The van der Waals surface area contributed by atoms with Gasteiger partial charge in [0.2, 0.25) is 17.8 Å². The van der Waals surface area contributed by atoms with Crippen molar-refractivity contribution in [3.05, 3.63) is 41.7 Å². The van der Waals surface area contributed by atoms with Gasteiger partial charge in [-0.25, -0.2) is 4.79 Å². The van der Waals surface area contributed by atoms with E-state index >= 15 is 0 Å². The van der Waals surface area contributed by atoms with E-state index in [9.17, 15) is 9.59 Å². The van der Waals surface area contributed by atoms with Crippen molar-refractivity contribution in [2.24, 2.45) is 0 Å². The Hall–Kier alpha value is -2.88. The minimum absolute atomic E-state index is 0.0657. The summed E-state index contributed by atoms with van der Waals surface area (Å²) in [5, 5.41) is 4.91. The minimum Gasteiger partial charge on any atom is -0.368 e. The number of thioether (sulfide) groups is 1. The summed E-state index contributed by atoms with van der Waals surface area (Å²) in [6.45, 7) is 0.358. The SMILES string of the molecule is Nc1nc(N)nc(CSCCC(=O)NC(=O)NCc2ccccc2)n1. The van der Waals surface area contributed by atoms with Crippen LogP contribution < -0.4 is 22.1 Å². The van der Waals surface area contributed by atoms with E-state index in [1.54, 1.807) is 0 Å². The van der Waals surface area contributed by atoms with Crippen LogP contribution in [0.15, 0.2) is 30.3 Å². The Morgan fingerprint density at radius 1 is 1.04 bits per heavy atom. The van der Waals surface area contributed by atoms with Gasteiger partial charge in [-0.1, -0.05) is 30.3 Å². The average Bonchev–Trinajstić information content (AvgIpc) is 2.57. The standard InChI is InChI=1S/C15H19N7O2S/c16-13-19-11(20-14(17)22-13)9-25-7-6-12(23)21-15(24)18-8-10-4-2-1-3-5-10/h1-5H,6-9H2,(H2,18,21,23,24)(H4,16,17,19,20,22). The summed E-state index contributed by atoms with van der Waals surface area (Å²) in [7, 11) is 0. The number of hydrogen-bond acceptors (Lipinski definition) is 8. The lowest BCUT2D eigenvalue weighted by Crippen LogP contribution is -2.39. The molecule has 0 aliphatic heterocycles. The number of benzene rings is 1. The van der Waals surface area contributed by atoms with Crippen molar-refractivity contribution in [1.82, 2.24) is 25.6 Å². The van der Waals surface area contributed by atoms with E-state index in [-0.39, 0.29) is 24.2 Å². The van der Waals surface area contributed by atoms with Crippen molar-refractivity contribution in [2.75, 3.05) is 17.2 Å². The van der Waals surface area contributed by atoms with Crippen LogP contribution >= 0.6 is 11.8 Å². The zero-order valence-corrected chi connectivity index (χ0v) is 14.3. The molecular weight excluding hydrogens is 342 g/mol. The molecule has 25 heavy (non-hydrogen) atoms. The third kappa shape index (κ3) is 7.04. The van der Waals surface area contributed by atoms with Crippen molar-refractivity contribution in [3.63, 3.8) is 0 Å². The van der Waals surface area contributed by atoms with E-state index in [1.165, 1.54) is 11.8 Å². The third-order valence-electron chi connectivity index (χ3n) is 2.97. The van der Waals surface area contributed by atoms with E-state index in [1.807, 2.05) is 30.3 Å². The van der Waals surface area contributed by atoms with E-state index in [2.05, 4.69) is 25.6 Å². The molecule has 10 heteroatoms. The fourth-order valence-electron chi connectivity index (χ4n) is 1.86. The van der Waals surface area contributed by atoms with Gasteiger partial charge < -0.3 is 16.8 Å². The highest BCUT2D eigenvalue weighted by molar-refractivity contribution is 7.98. The molecule has 1 heterocycles. The quantitative estimate of drug-likeness (QED) is 0.526. The first-order valence-electron chi connectivity index (χ1n) is 7.48. The van der Waals surface area contributed by atoms with Gasteiger partial charge in [-0.15, -0.1) is 0 Å². The summed E-state index contributed by atoms with van der Waals surface area (Å²) >= 11 is 1.43. The highest BCUT2D eigenvalue weighted by Crippen LogP contribution is 2.11. The maximum atomic E-state index is 11.7. The topological polar surface area (TPSA) is 149 Å². The summed E-state index contributed by atoms with van der Waals surface area (Å²) in [5.41, 5.74) is 11.9. The van der Waals surface area contributed by atoms with Crippen LogP contribution in [0.2, 0.25) is 0 Å². The molecule has 1 aromatic carbocycles. The van der Waals surface area contributed by atoms with Gasteiger partial charge in [-0.2, -0.15) is 26.7 Å². The number of rotatable bonds is 7. The van der Waals surface area contributed by atoms with Crippen molar-refractivity contribution in [3.8, 4) is 0 Å². The Morgan fingerprint density at radius 3 is 2.40 bits per heavy atom.